The maximum absolute atomic E-state index is 12.6. The Morgan fingerprint density at radius 1 is 1.23 bits per heavy atom. The zero-order valence-corrected chi connectivity index (χ0v) is 16.6. The van der Waals surface area contributed by atoms with E-state index >= 15 is 0 Å². The second-order valence-corrected chi connectivity index (χ2v) is 7.66. The summed E-state index contributed by atoms with van der Waals surface area (Å²) in [5.41, 5.74) is 4.06. The smallest absolute Gasteiger partial charge is 0.293 e. The summed E-state index contributed by atoms with van der Waals surface area (Å²) >= 11 is 1.02. The van der Waals surface area contributed by atoms with Crippen molar-refractivity contribution in [2.45, 2.75) is 47.1 Å². The Labute approximate surface area is 158 Å². The van der Waals surface area contributed by atoms with Crippen LogP contribution in [-0.2, 0) is 4.79 Å². The van der Waals surface area contributed by atoms with Crippen LogP contribution in [0.2, 0.25) is 0 Å². The molecule has 1 saturated heterocycles. The SMILES string of the molecule is CC[C@H](C)N1C(=O)S/C(=C/c2cc(C)n(-c3ccc(C)cn3)c2C)C1=O. The van der Waals surface area contributed by atoms with E-state index in [1.54, 1.807) is 0 Å². The Morgan fingerprint density at radius 3 is 2.58 bits per heavy atom. The lowest BCUT2D eigenvalue weighted by molar-refractivity contribution is -0.124. The van der Waals surface area contributed by atoms with Gasteiger partial charge in [0.2, 0.25) is 0 Å². The Kier molecular flexibility index (Phi) is 5.05. The number of imide groups is 1. The lowest BCUT2D eigenvalue weighted by Gasteiger charge is -2.19. The second kappa shape index (κ2) is 7.11. The first-order valence-corrected chi connectivity index (χ1v) is 9.54. The third-order valence-electron chi connectivity index (χ3n) is 4.74. The third-order valence-corrected chi connectivity index (χ3v) is 5.62. The standard InChI is InChI=1S/C20H23N3O2S/c1-6-13(3)23-19(24)17(26-20(23)25)10-16-9-14(4)22(15(16)5)18-8-7-12(2)11-21-18/h7-11,13H,6H2,1-5H3/b17-10+/t13-/m0/s1. The predicted octanol–water partition coefficient (Wildman–Crippen LogP) is 4.63. The van der Waals surface area contributed by atoms with Gasteiger partial charge in [-0.05, 0) is 75.2 Å². The summed E-state index contributed by atoms with van der Waals surface area (Å²) in [6.07, 6.45) is 4.41. The normalized spacial score (nSPS) is 17.4. The van der Waals surface area contributed by atoms with Crippen LogP contribution in [0.3, 0.4) is 0 Å². The first-order chi connectivity index (χ1) is 12.3. The van der Waals surface area contributed by atoms with Gasteiger partial charge in [0.1, 0.15) is 5.82 Å². The Hall–Kier alpha value is -2.34. The molecule has 136 valence electrons. The van der Waals surface area contributed by atoms with Gasteiger partial charge in [-0.15, -0.1) is 0 Å². The van der Waals surface area contributed by atoms with Gasteiger partial charge >= 0.3 is 0 Å². The topological polar surface area (TPSA) is 55.2 Å². The first kappa shape index (κ1) is 18.5. The molecular formula is C20H23N3O2S. The summed E-state index contributed by atoms with van der Waals surface area (Å²) in [6, 6.07) is 5.94. The van der Waals surface area contributed by atoms with Crippen LogP contribution in [0.4, 0.5) is 4.79 Å². The highest BCUT2D eigenvalue weighted by Gasteiger charge is 2.37. The Bertz CT molecular complexity index is 897. The number of pyridine rings is 1. The fourth-order valence-corrected chi connectivity index (χ4v) is 3.98. The number of hydrogen-bond acceptors (Lipinski definition) is 4. The molecule has 1 atom stereocenters. The van der Waals surface area contributed by atoms with E-state index in [-0.39, 0.29) is 17.2 Å². The van der Waals surface area contributed by atoms with Crippen molar-refractivity contribution in [3.05, 3.63) is 51.8 Å². The van der Waals surface area contributed by atoms with Crippen LogP contribution in [0.25, 0.3) is 11.9 Å². The van der Waals surface area contributed by atoms with Crippen molar-refractivity contribution >= 4 is 29.0 Å². The number of amides is 2. The van der Waals surface area contributed by atoms with Crippen molar-refractivity contribution in [1.29, 1.82) is 0 Å². The van der Waals surface area contributed by atoms with Crippen molar-refractivity contribution in [3.63, 3.8) is 0 Å². The van der Waals surface area contributed by atoms with Gasteiger partial charge in [0.05, 0.1) is 4.91 Å². The largest absolute Gasteiger partial charge is 0.303 e. The van der Waals surface area contributed by atoms with Gasteiger partial charge in [-0.3, -0.25) is 14.5 Å². The highest BCUT2D eigenvalue weighted by molar-refractivity contribution is 8.18. The fraction of sp³-hybridized carbons (Fsp3) is 0.350. The van der Waals surface area contributed by atoms with E-state index in [1.165, 1.54) is 4.90 Å². The summed E-state index contributed by atoms with van der Waals surface area (Å²) in [5, 5.41) is -0.190. The van der Waals surface area contributed by atoms with Crippen LogP contribution in [0, 0.1) is 20.8 Å². The quantitative estimate of drug-likeness (QED) is 0.737. The van der Waals surface area contributed by atoms with Crippen LogP contribution >= 0.6 is 11.8 Å². The molecule has 5 nitrogen and oxygen atoms in total. The molecule has 2 aromatic heterocycles. The number of nitrogens with zero attached hydrogens (tertiary/aromatic N) is 3. The van der Waals surface area contributed by atoms with E-state index in [0.717, 1.165) is 46.5 Å². The first-order valence-electron chi connectivity index (χ1n) is 8.72. The zero-order valence-electron chi connectivity index (χ0n) is 15.7. The van der Waals surface area contributed by atoms with E-state index < -0.39 is 0 Å². The molecule has 1 aliphatic rings. The van der Waals surface area contributed by atoms with Crippen molar-refractivity contribution in [2.75, 3.05) is 0 Å². The van der Waals surface area contributed by atoms with E-state index in [9.17, 15) is 9.59 Å². The van der Waals surface area contributed by atoms with Gasteiger partial charge in [-0.1, -0.05) is 13.0 Å². The molecule has 26 heavy (non-hydrogen) atoms. The van der Waals surface area contributed by atoms with Crippen molar-refractivity contribution in [1.82, 2.24) is 14.5 Å². The maximum atomic E-state index is 12.6. The molecule has 0 unspecified atom stereocenters. The van der Waals surface area contributed by atoms with E-state index in [2.05, 4.69) is 9.55 Å². The Balaban J connectivity index is 1.98. The van der Waals surface area contributed by atoms with Gasteiger partial charge in [0, 0.05) is 23.6 Å². The number of aromatic nitrogens is 2. The molecule has 0 N–H and O–H groups in total. The van der Waals surface area contributed by atoms with E-state index in [0.29, 0.717) is 4.91 Å². The highest BCUT2D eigenvalue weighted by atomic mass is 32.2. The third kappa shape index (κ3) is 3.21. The Morgan fingerprint density at radius 2 is 1.96 bits per heavy atom. The predicted molar refractivity (Wildman–Crippen MR) is 105 cm³/mol. The summed E-state index contributed by atoms with van der Waals surface area (Å²) in [6.45, 7) is 9.88. The molecule has 0 spiro atoms. The van der Waals surface area contributed by atoms with Crippen LogP contribution in [0.15, 0.2) is 29.3 Å². The average Bonchev–Trinajstić information content (AvgIpc) is 3.04. The second-order valence-electron chi connectivity index (χ2n) is 6.66. The number of rotatable bonds is 4. The van der Waals surface area contributed by atoms with Gasteiger partial charge in [0.15, 0.2) is 0 Å². The molecule has 2 aromatic rings. The molecule has 1 fully saturated rings. The molecule has 2 amide bonds. The molecule has 6 heteroatoms. The summed E-state index contributed by atoms with van der Waals surface area (Å²) in [7, 11) is 0. The van der Waals surface area contributed by atoms with Crippen molar-refractivity contribution in [2.24, 2.45) is 0 Å². The molecule has 3 heterocycles. The minimum atomic E-state index is -0.201. The number of aryl methyl sites for hydroxylation is 2. The van der Waals surface area contributed by atoms with Crippen molar-refractivity contribution in [3.8, 4) is 5.82 Å². The minimum Gasteiger partial charge on any atom is -0.303 e. The molecule has 1 aliphatic heterocycles. The van der Waals surface area contributed by atoms with Gasteiger partial charge < -0.3 is 4.57 Å². The summed E-state index contributed by atoms with van der Waals surface area (Å²) < 4.78 is 2.06. The average molecular weight is 369 g/mol. The minimum absolute atomic E-state index is 0.0856. The van der Waals surface area contributed by atoms with Gasteiger partial charge in [0.25, 0.3) is 11.1 Å². The van der Waals surface area contributed by atoms with Crippen LogP contribution in [0.5, 0.6) is 0 Å². The number of thioether (sulfide) groups is 1. The molecule has 0 aliphatic carbocycles. The fourth-order valence-electron chi connectivity index (χ4n) is 3.06. The monoisotopic (exact) mass is 369 g/mol. The lowest BCUT2D eigenvalue weighted by Crippen LogP contribution is -2.36. The molecule has 0 saturated carbocycles. The lowest BCUT2D eigenvalue weighted by atomic mass is 10.2. The van der Waals surface area contributed by atoms with E-state index in [1.807, 2.05) is 65.1 Å². The van der Waals surface area contributed by atoms with Gasteiger partial charge in [-0.25, -0.2) is 4.98 Å². The molecular weight excluding hydrogens is 346 g/mol. The van der Waals surface area contributed by atoms with Crippen LogP contribution in [-0.4, -0.2) is 31.6 Å². The number of hydrogen-bond donors (Lipinski definition) is 0. The zero-order chi connectivity index (χ0) is 19.0. The highest BCUT2D eigenvalue weighted by Crippen LogP contribution is 2.35. The summed E-state index contributed by atoms with van der Waals surface area (Å²) in [4.78, 5) is 31.2. The molecule has 3 rings (SSSR count). The van der Waals surface area contributed by atoms with Crippen molar-refractivity contribution < 1.29 is 9.59 Å². The molecule has 0 aromatic carbocycles. The maximum Gasteiger partial charge on any atom is 0.293 e. The molecule has 0 radical (unpaired) electrons. The number of carbonyl (C=O) groups excluding carboxylic acids is 2. The van der Waals surface area contributed by atoms with Crippen LogP contribution < -0.4 is 0 Å². The van der Waals surface area contributed by atoms with Gasteiger partial charge in [-0.2, -0.15) is 0 Å². The number of carbonyl (C=O) groups is 2. The summed E-state index contributed by atoms with van der Waals surface area (Å²) in [5.74, 6) is 0.644. The molecule has 0 bridgehead atoms. The van der Waals surface area contributed by atoms with Crippen LogP contribution in [0.1, 0.15) is 42.8 Å². The van der Waals surface area contributed by atoms with E-state index in [4.69, 9.17) is 0 Å².